The maximum absolute atomic E-state index is 12.7. The molecule has 0 saturated heterocycles. The van der Waals surface area contributed by atoms with Crippen LogP contribution in [0.2, 0.25) is 0 Å². The van der Waals surface area contributed by atoms with Gasteiger partial charge in [0.25, 0.3) is 5.91 Å². The van der Waals surface area contributed by atoms with Gasteiger partial charge in [0, 0.05) is 30.7 Å². The molecule has 2 aromatic heterocycles. The molecule has 25 heavy (non-hydrogen) atoms. The molecule has 2 rings (SSSR count). The maximum Gasteiger partial charge on any atom is 0.253 e. The molecule has 5 nitrogen and oxygen atoms in total. The fraction of sp³-hybridized carbons (Fsp3) is 0.500. The molecule has 0 atom stereocenters. The van der Waals surface area contributed by atoms with Gasteiger partial charge in [0.2, 0.25) is 0 Å². The van der Waals surface area contributed by atoms with Crippen molar-refractivity contribution in [1.82, 2.24) is 14.9 Å². The molecule has 5 heteroatoms. The molecule has 1 amide bonds. The van der Waals surface area contributed by atoms with Gasteiger partial charge in [-0.3, -0.25) is 4.79 Å². The van der Waals surface area contributed by atoms with E-state index in [0.717, 1.165) is 30.0 Å². The van der Waals surface area contributed by atoms with Gasteiger partial charge in [0.05, 0.1) is 5.56 Å². The molecular weight excluding hydrogens is 314 g/mol. The number of rotatable bonds is 8. The minimum absolute atomic E-state index is 0.0447. The average molecular weight is 343 g/mol. The molecule has 0 aliphatic heterocycles. The van der Waals surface area contributed by atoms with Crippen LogP contribution < -0.4 is 5.32 Å². The average Bonchev–Trinajstić information content (AvgIpc) is 2.93. The Kier molecular flexibility index (Phi) is 6.37. The number of pyridine rings is 1. The van der Waals surface area contributed by atoms with Gasteiger partial charge < -0.3 is 15.0 Å². The lowest BCUT2D eigenvalue weighted by molar-refractivity contribution is 0.0906. The molecule has 0 aliphatic rings. The quantitative estimate of drug-likeness (QED) is 0.772. The van der Waals surface area contributed by atoms with Crippen LogP contribution in [-0.2, 0) is 0 Å². The van der Waals surface area contributed by atoms with E-state index < -0.39 is 0 Å². The summed E-state index contributed by atoms with van der Waals surface area (Å²) in [6.07, 6.45) is 4.31. The molecule has 0 fully saturated rings. The molecular formula is C20H29N3O2. The highest BCUT2D eigenvalue weighted by Gasteiger charge is 2.27. The van der Waals surface area contributed by atoms with Crippen molar-refractivity contribution in [3.05, 3.63) is 47.4 Å². The number of aromatic nitrogens is 2. The minimum Gasteiger partial charge on any atom is -0.396 e. The monoisotopic (exact) mass is 343 g/mol. The summed E-state index contributed by atoms with van der Waals surface area (Å²) in [5.74, 6) is 0.743. The second-order valence-electron chi connectivity index (χ2n) is 6.67. The summed E-state index contributed by atoms with van der Waals surface area (Å²) in [4.78, 5) is 17.1. The molecule has 0 saturated carbocycles. The fourth-order valence-electron chi connectivity index (χ4n) is 3.37. The van der Waals surface area contributed by atoms with E-state index >= 15 is 0 Å². The first-order chi connectivity index (χ1) is 12.0. The Hall–Kier alpha value is -2.14. The highest BCUT2D eigenvalue weighted by molar-refractivity contribution is 5.95. The van der Waals surface area contributed by atoms with Crippen LogP contribution in [0.25, 0.3) is 5.82 Å². The number of nitrogens with zero attached hydrogens (tertiary/aromatic N) is 2. The summed E-state index contributed by atoms with van der Waals surface area (Å²) in [6, 6.07) is 7.65. The Bertz CT molecular complexity index is 703. The third kappa shape index (κ3) is 4.10. The van der Waals surface area contributed by atoms with Gasteiger partial charge >= 0.3 is 0 Å². The molecule has 0 aromatic carbocycles. The molecule has 2 N–H and O–H groups in total. The maximum atomic E-state index is 12.7. The van der Waals surface area contributed by atoms with Crippen LogP contribution in [0.5, 0.6) is 0 Å². The zero-order valence-corrected chi connectivity index (χ0v) is 15.7. The van der Waals surface area contributed by atoms with E-state index in [1.807, 2.05) is 42.7 Å². The first-order valence-electron chi connectivity index (χ1n) is 8.97. The van der Waals surface area contributed by atoms with Gasteiger partial charge in [-0.1, -0.05) is 19.9 Å². The lowest BCUT2D eigenvalue weighted by Crippen LogP contribution is -2.37. The highest BCUT2D eigenvalue weighted by atomic mass is 16.3. The Labute approximate surface area is 150 Å². The number of nitrogens with one attached hydrogen (secondary N) is 1. The minimum atomic E-state index is -0.0699. The second-order valence-corrected chi connectivity index (χ2v) is 6.67. The number of carbonyl (C=O) groups excluding carboxylic acids is 1. The van der Waals surface area contributed by atoms with E-state index in [4.69, 9.17) is 0 Å². The number of amides is 1. The molecule has 0 unspecified atom stereocenters. The van der Waals surface area contributed by atoms with Gasteiger partial charge in [-0.25, -0.2) is 4.98 Å². The van der Waals surface area contributed by atoms with E-state index in [1.54, 1.807) is 6.20 Å². The lowest BCUT2D eigenvalue weighted by Gasteiger charge is -2.31. The number of aliphatic hydroxyl groups excluding tert-OH is 1. The smallest absolute Gasteiger partial charge is 0.253 e. The van der Waals surface area contributed by atoms with Gasteiger partial charge in [0.1, 0.15) is 5.82 Å². The van der Waals surface area contributed by atoms with Crippen molar-refractivity contribution in [2.75, 3.05) is 13.2 Å². The normalized spacial score (nSPS) is 11.6. The van der Waals surface area contributed by atoms with Gasteiger partial charge in [-0.05, 0) is 56.7 Å². The van der Waals surface area contributed by atoms with E-state index in [0.29, 0.717) is 18.5 Å². The van der Waals surface area contributed by atoms with Crippen molar-refractivity contribution in [2.45, 2.75) is 47.0 Å². The van der Waals surface area contributed by atoms with Crippen LogP contribution in [0, 0.1) is 19.3 Å². The predicted molar refractivity (Wildman–Crippen MR) is 100 cm³/mol. The van der Waals surface area contributed by atoms with Crippen LogP contribution in [0.15, 0.2) is 30.5 Å². The summed E-state index contributed by atoms with van der Waals surface area (Å²) >= 11 is 0. The van der Waals surface area contributed by atoms with Crippen LogP contribution in [-0.4, -0.2) is 33.7 Å². The lowest BCUT2D eigenvalue weighted by atomic mass is 9.79. The summed E-state index contributed by atoms with van der Waals surface area (Å²) in [7, 11) is 0. The van der Waals surface area contributed by atoms with Crippen molar-refractivity contribution in [2.24, 2.45) is 5.41 Å². The molecule has 2 heterocycles. The van der Waals surface area contributed by atoms with Crippen LogP contribution >= 0.6 is 0 Å². The summed E-state index contributed by atoms with van der Waals surface area (Å²) in [5.41, 5.74) is 2.49. The first-order valence-corrected chi connectivity index (χ1v) is 8.97. The van der Waals surface area contributed by atoms with E-state index in [2.05, 4.69) is 24.1 Å². The Morgan fingerprint density at radius 2 is 2.00 bits per heavy atom. The zero-order valence-electron chi connectivity index (χ0n) is 15.7. The molecule has 0 bridgehead atoms. The van der Waals surface area contributed by atoms with Crippen LogP contribution in [0.4, 0.5) is 0 Å². The third-order valence-corrected chi connectivity index (χ3v) is 5.32. The molecule has 136 valence electrons. The number of aliphatic hydroxyl groups is 1. The number of hydrogen-bond acceptors (Lipinski definition) is 3. The third-order valence-electron chi connectivity index (χ3n) is 5.32. The van der Waals surface area contributed by atoms with Crippen molar-refractivity contribution >= 4 is 5.91 Å². The van der Waals surface area contributed by atoms with Gasteiger partial charge in [-0.2, -0.15) is 0 Å². The SMILES string of the molecule is CCC(CC)(CCO)CNC(=O)c1cc(C)n(-c2ccccn2)c1C. The van der Waals surface area contributed by atoms with Gasteiger partial charge in [0.15, 0.2) is 0 Å². The second kappa shape index (κ2) is 8.30. The Morgan fingerprint density at radius 1 is 1.28 bits per heavy atom. The molecule has 0 spiro atoms. The fourth-order valence-corrected chi connectivity index (χ4v) is 3.37. The first kappa shape index (κ1) is 19.2. The highest BCUT2D eigenvalue weighted by Crippen LogP contribution is 2.29. The zero-order chi connectivity index (χ0) is 18.4. The Morgan fingerprint density at radius 3 is 2.56 bits per heavy atom. The summed E-state index contributed by atoms with van der Waals surface area (Å²) in [6.45, 7) is 8.86. The van der Waals surface area contributed by atoms with Gasteiger partial charge in [-0.15, -0.1) is 0 Å². The van der Waals surface area contributed by atoms with E-state index in [-0.39, 0.29) is 17.9 Å². The van der Waals surface area contributed by atoms with Crippen molar-refractivity contribution in [3.63, 3.8) is 0 Å². The molecule has 2 aromatic rings. The van der Waals surface area contributed by atoms with Crippen LogP contribution in [0.1, 0.15) is 54.9 Å². The summed E-state index contributed by atoms with van der Waals surface area (Å²) in [5, 5.41) is 12.4. The van der Waals surface area contributed by atoms with E-state index in [1.165, 1.54) is 0 Å². The summed E-state index contributed by atoms with van der Waals surface area (Å²) < 4.78 is 2.00. The van der Waals surface area contributed by atoms with Crippen LogP contribution in [0.3, 0.4) is 0 Å². The Balaban J connectivity index is 2.21. The number of hydrogen-bond donors (Lipinski definition) is 2. The largest absolute Gasteiger partial charge is 0.396 e. The van der Waals surface area contributed by atoms with Crippen molar-refractivity contribution in [1.29, 1.82) is 0 Å². The topological polar surface area (TPSA) is 67.2 Å². The number of carbonyl (C=O) groups is 1. The van der Waals surface area contributed by atoms with Crippen molar-refractivity contribution < 1.29 is 9.90 Å². The van der Waals surface area contributed by atoms with E-state index in [9.17, 15) is 9.90 Å². The predicted octanol–water partition coefficient (Wildman–Crippen LogP) is 3.41. The standard InChI is InChI=1S/C20H29N3O2/c1-5-20(6-2,10-12-24)14-22-19(25)17-13-15(3)23(16(17)4)18-9-7-8-11-21-18/h7-9,11,13,24H,5-6,10,12,14H2,1-4H3,(H,22,25). The van der Waals surface area contributed by atoms with Crippen molar-refractivity contribution in [3.8, 4) is 5.82 Å². The number of aryl methyl sites for hydroxylation is 1. The molecule has 0 aliphatic carbocycles. The molecule has 0 radical (unpaired) electrons.